The molecule has 0 unspecified atom stereocenters. The molecular weight excluding hydrogens is 396 g/mol. The first-order chi connectivity index (χ1) is 14.2. The smallest absolute Gasteiger partial charge is 0.234 e. The lowest BCUT2D eigenvalue weighted by molar-refractivity contribution is -0.113. The summed E-state index contributed by atoms with van der Waals surface area (Å²) in [6.07, 6.45) is 0. The second-order valence-electron chi connectivity index (χ2n) is 7.63. The van der Waals surface area contributed by atoms with Gasteiger partial charge in [0, 0.05) is 12.7 Å². The van der Waals surface area contributed by atoms with E-state index in [-0.39, 0.29) is 11.7 Å². The Kier molecular flexibility index (Phi) is 6.82. The van der Waals surface area contributed by atoms with Crippen LogP contribution in [0, 0.1) is 34.6 Å². The van der Waals surface area contributed by atoms with Crippen LogP contribution in [-0.4, -0.2) is 26.4 Å². The molecular formula is C23H28N4O2S. The van der Waals surface area contributed by atoms with Crippen LogP contribution >= 0.6 is 11.8 Å². The number of nitrogens with one attached hydrogen (secondary N) is 1. The van der Waals surface area contributed by atoms with Gasteiger partial charge < -0.3 is 14.6 Å². The Hall–Kier alpha value is -2.80. The van der Waals surface area contributed by atoms with E-state index in [1.54, 1.807) is 0 Å². The summed E-state index contributed by atoms with van der Waals surface area (Å²) in [7, 11) is 1.89. The third-order valence-corrected chi connectivity index (χ3v) is 5.92. The fraction of sp³-hybridized carbons (Fsp3) is 0.348. The molecule has 30 heavy (non-hydrogen) atoms. The van der Waals surface area contributed by atoms with Gasteiger partial charge in [0.1, 0.15) is 12.4 Å². The number of aryl methyl sites for hydroxylation is 5. The van der Waals surface area contributed by atoms with Crippen molar-refractivity contribution in [2.75, 3.05) is 11.1 Å². The van der Waals surface area contributed by atoms with Crippen molar-refractivity contribution >= 4 is 23.4 Å². The summed E-state index contributed by atoms with van der Waals surface area (Å²) in [5.41, 5.74) is 6.43. The van der Waals surface area contributed by atoms with E-state index in [1.165, 1.54) is 17.3 Å². The number of hydrogen-bond acceptors (Lipinski definition) is 5. The molecule has 0 aliphatic carbocycles. The van der Waals surface area contributed by atoms with E-state index in [4.69, 9.17) is 4.74 Å². The standard InChI is InChI=1S/C23H28N4O2S/c1-14-7-8-16(3)19(11-14)29-12-20-25-26-23(27(20)6)30-13-21(28)24-22-17(4)9-15(2)10-18(22)5/h7-11H,12-13H2,1-6H3,(H,24,28). The molecule has 158 valence electrons. The van der Waals surface area contributed by atoms with Crippen molar-refractivity contribution in [3.05, 3.63) is 64.0 Å². The van der Waals surface area contributed by atoms with E-state index in [0.29, 0.717) is 17.6 Å². The molecule has 0 fully saturated rings. The van der Waals surface area contributed by atoms with Gasteiger partial charge in [-0.3, -0.25) is 4.79 Å². The molecule has 3 aromatic rings. The molecule has 1 heterocycles. The van der Waals surface area contributed by atoms with Crippen molar-refractivity contribution < 1.29 is 9.53 Å². The number of ether oxygens (including phenoxy) is 1. The molecule has 7 heteroatoms. The number of amides is 1. The molecule has 0 spiro atoms. The molecule has 1 N–H and O–H groups in total. The number of aromatic nitrogens is 3. The summed E-state index contributed by atoms with van der Waals surface area (Å²) >= 11 is 1.36. The quantitative estimate of drug-likeness (QED) is 0.558. The lowest BCUT2D eigenvalue weighted by atomic mass is 10.1. The largest absolute Gasteiger partial charge is 0.485 e. The van der Waals surface area contributed by atoms with Gasteiger partial charge in [-0.25, -0.2) is 0 Å². The van der Waals surface area contributed by atoms with Gasteiger partial charge in [0.2, 0.25) is 5.91 Å². The zero-order valence-corrected chi connectivity index (χ0v) is 19.2. The Balaban J connectivity index is 1.59. The van der Waals surface area contributed by atoms with Crippen molar-refractivity contribution in [3.63, 3.8) is 0 Å². The minimum atomic E-state index is -0.0637. The number of benzene rings is 2. The van der Waals surface area contributed by atoms with Gasteiger partial charge in [-0.1, -0.05) is 41.6 Å². The number of carbonyl (C=O) groups excluding carboxylic acids is 1. The molecule has 0 saturated heterocycles. The Morgan fingerprint density at radius 1 is 1.00 bits per heavy atom. The minimum absolute atomic E-state index is 0.0637. The van der Waals surface area contributed by atoms with Gasteiger partial charge in [-0.05, 0) is 62.9 Å². The van der Waals surface area contributed by atoms with Crippen LogP contribution in [0.5, 0.6) is 5.75 Å². The van der Waals surface area contributed by atoms with Gasteiger partial charge in [-0.15, -0.1) is 10.2 Å². The van der Waals surface area contributed by atoms with E-state index in [1.807, 2.05) is 51.4 Å². The first-order valence-corrected chi connectivity index (χ1v) is 10.8. The van der Waals surface area contributed by atoms with E-state index >= 15 is 0 Å². The van der Waals surface area contributed by atoms with E-state index in [0.717, 1.165) is 33.7 Å². The average Bonchev–Trinajstić information content (AvgIpc) is 3.03. The number of nitrogens with zero attached hydrogens (tertiary/aromatic N) is 3. The summed E-state index contributed by atoms with van der Waals surface area (Å²) in [6, 6.07) is 10.3. The van der Waals surface area contributed by atoms with Crippen LogP contribution in [0.4, 0.5) is 5.69 Å². The van der Waals surface area contributed by atoms with Crippen molar-refractivity contribution in [1.29, 1.82) is 0 Å². The topological polar surface area (TPSA) is 69.0 Å². The minimum Gasteiger partial charge on any atom is -0.485 e. The summed E-state index contributed by atoms with van der Waals surface area (Å²) < 4.78 is 7.79. The van der Waals surface area contributed by atoms with Crippen LogP contribution in [-0.2, 0) is 18.4 Å². The maximum Gasteiger partial charge on any atom is 0.234 e. The lowest BCUT2D eigenvalue weighted by Gasteiger charge is -2.12. The molecule has 0 aliphatic heterocycles. The summed E-state index contributed by atoms with van der Waals surface area (Å²) in [5, 5.41) is 12.1. The molecule has 0 atom stereocenters. The van der Waals surface area contributed by atoms with Crippen molar-refractivity contribution in [2.24, 2.45) is 7.05 Å². The second kappa shape index (κ2) is 9.34. The van der Waals surface area contributed by atoms with E-state index in [9.17, 15) is 4.79 Å². The fourth-order valence-corrected chi connectivity index (χ4v) is 4.01. The monoisotopic (exact) mass is 424 g/mol. The van der Waals surface area contributed by atoms with Crippen LogP contribution in [0.3, 0.4) is 0 Å². The molecule has 0 saturated carbocycles. The molecule has 0 aliphatic rings. The van der Waals surface area contributed by atoms with Gasteiger partial charge in [0.15, 0.2) is 11.0 Å². The summed E-state index contributed by atoms with van der Waals surface area (Å²) in [4.78, 5) is 12.5. The number of thioether (sulfide) groups is 1. The molecule has 1 aromatic heterocycles. The molecule has 0 bridgehead atoms. The number of carbonyl (C=O) groups is 1. The van der Waals surface area contributed by atoms with Crippen LogP contribution in [0.1, 0.15) is 33.6 Å². The zero-order chi connectivity index (χ0) is 21.8. The third-order valence-electron chi connectivity index (χ3n) is 4.90. The van der Waals surface area contributed by atoms with Gasteiger partial charge in [0.25, 0.3) is 0 Å². The Morgan fingerprint density at radius 2 is 1.70 bits per heavy atom. The predicted octanol–water partition coefficient (Wildman–Crippen LogP) is 4.67. The second-order valence-corrected chi connectivity index (χ2v) is 8.57. The SMILES string of the molecule is Cc1cc(C)c(NC(=O)CSc2nnc(COc3cc(C)ccc3C)n2C)c(C)c1. The molecule has 3 rings (SSSR count). The molecule has 2 aromatic carbocycles. The Labute approximate surface area is 182 Å². The highest BCUT2D eigenvalue weighted by Crippen LogP contribution is 2.24. The Bertz CT molecular complexity index is 1050. The number of rotatable bonds is 7. The average molecular weight is 425 g/mol. The zero-order valence-electron chi connectivity index (χ0n) is 18.4. The van der Waals surface area contributed by atoms with E-state index < -0.39 is 0 Å². The molecule has 1 amide bonds. The third kappa shape index (κ3) is 5.21. The highest BCUT2D eigenvalue weighted by molar-refractivity contribution is 7.99. The molecule has 6 nitrogen and oxygen atoms in total. The number of hydrogen-bond donors (Lipinski definition) is 1. The van der Waals surface area contributed by atoms with Crippen LogP contribution < -0.4 is 10.1 Å². The van der Waals surface area contributed by atoms with Gasteiger partial charge in [0.05, 0.1) is 5.75 Å². The van der Waals surface area contributed by atoms with Crippen LogP contribution in [0.25, 0.3) is 0 Å². The highest BCUT2D eigenvalue weighted by atomic mass is 32.2. The van der Waals surface area contributed by atoms with Gasteiger partial charge in [-0.2, -0.15) is 0 Å². The highest BCUT2D eigenvalue weighted by Gasteiger charge is 2.14. The van der Waals surface area contributed by atoms with E-state index in [2.05, 4.69) is 40.6 Å². The summed E-state index contributed by atoms with van der Waals surface area (Å²) in [5.74, 6) is 1.75. The predicted molar refractivity (Wildman–Crippen MR) is 121 cm³/mol. The van der Waals surface area contributed by atoms with Crippen molar-refractivity contribution in [2.45, 2.75) is 46.4 Å². The first-order valence-electron chi connectivity index (χ1n) is 9.83. The first kappa shape index (κ1) is 21.9. The maximum absolute atomic E-state index is 12.5. The maximum atomic E-state index is 12.5. The van der Waals surface area contributed by atoms with Crippen LogP contribution in [0.15, 0.2) is 35.5 Å². The van der Waals surface area contributed by atoms with Crippen LogP contribution in [0.2, 0.25) is 0 Å². The summed E-state index contributed by atoms with van der Waals surface area (Å²) in [6.45, 7) is 10.4. The number of anilines is 1. The van der Waals surface area contributed by atoms with Gasteiger partial charge >= 0.3 is 0 Å². The van der Waals surface area contributed by atoms with Crippen molar-refractivity contribution in [3.8, 4) is 5.75 Å². The van der Waals surface area contributed by atoms with Crippen molar-refractivity contribution in [1.82, 2.24) is 14.8 Å². The normalized spacial score (nSPS) is 10.9. The lowest BCUT2D eigenvalue weighted by Crippen LogP contribution is -2.16. The Morgan fingerprint density at radius 3 is 2.40 bits per heavy atom. The fourth-order valence-electron chi connectivity index (χ4n) is 3.28. The molecule has 0 radical (unpaired) electrons.